The molecule has 0 aliphatic heterocycles. The molecule has 0 heterocycles. The summed E-state index contributed by atoms with van der Waals surface area (Å²) >= 11 is 0. The van der Waals surface area contributed by atoms with E-state index in [0.29, 0.717) is 25.7 Å². The molecule has 0 saturated heterocycles. The van der Waals surface area contributed by atoms with Crippen molar-refractivity contribution in [1.29, 1.82) is 0 Å². The summed E-state index contributed by atoms with van der Waals surface area (Å²) in [5.74, 6) is 1.05. The van der Waals surface area contributed by atoms with Gasteiger partial charge in [0.25, 0.3) is 0 Å². The van der Waals surface area contributed by atoms with Gasteiger partial charge in [0.2, 0.25) is 0 Å². The molecule has 0 aromatic carbocycles. The van der Waals surface area contributed by atoms with E-state index in [2.05, 4.69) is 55.4 Å². The highest BCUT2D eigenvalue weighted by Gasteiger charge is 2.30. The molecule has 8 atom stereocenters. The summed E-state index contributed by atoms with van der Waals surface area (Å²) in [4.78, 5) is 73.0. The van der Waals surface area contributed by atoms with Gasteiger partial charge in [-0.1, -0.05) is 357 Å². The lowest BCUT2D eigenvalue weighted by Crippen LogP contribution is -2.30. The van der Waals surface area contributed by atoms with Gasteiger partial charge in [-0.25, -0.2) is 9.13 Å². The molecule has 588 valence electrons. The predicted molar refractivity (Wildman–Crippen MR) is 404 cm³/mol. The molecule has 19 heteroatoms. The summed E-state index contributed by atoms with van der Waals surface area (Å²) in [5.41, 5.74) is 0. The second-order valence-electron chi connectivity index (χ2n) is 30.0. The van der Waals surface area contributed by atoms with Gasteiger partial charge in [-0.15, -0.1) is 0 Å². The molecule has 99 heavy (non-hydrogen) atoms. The molecule has 0 fully saturated rings. The van der Waals surface area contributed by atoms with Crippen LogP contribution in [-0.4, -0.2) is 96.7 Å². The third-order valence-corrected chi connectivity index (χ3v) is 21.6. The molecule has 0 amide bonds. The van der Waals surface area contributed by atoms with Crippen LogP contribution in [0.25, 0.3) is 0 Å². The van der Waals surface area contributed by atoms with Crippen LogP contribution in [0.5, 0.6) is 0 Å². The topological polar surface area (TPSA) is 237 Å². The van der Waals surface area contributed by atoms with Crippen molar-refractivity contribution in [3.8, 4) is 0 Å². The Morgan fingerprint density at radius 2 is 0.485 bits per heavy atom. The van der Waals surface area contributed by atoms with Gasteiger partial charge < -0.3 is 33.8 Å². The van der Waals surface area contributed by atoms with Crippen molar-refractivity contribution in [2.24, 2.45) is 23.7 Å². The molecule has 0 spiro atoms. The van der Waals surface area contributed by atoms with Crippen LogP contribution in [-0.2, 0) is 65.4 Å². The maximum absolute atomic E-state index is 13.1. The molecule has 5 unspecified atom stereocenters. The lowest BCUT2D eigenvalue weighted by molar-refractivity contribution is -0.161. The fraction of sp³-hybridized carbons (Fsp3) is 0.950. The summed E-state index contributed by atoms with van der Waals surface area (Å²) in [5, 5.41) is 10.6. The van der Waals surface area contributed by atoms with Crippen LogP contribution < -0.4 is 0 Å². The molecule has 0 aliphatic rings. The first kappa shape index (κ1) is 97.1. The average molecular weight is 1450 g/mol. The van der Waals surface area contributed by atoms with Crippen LogP contribution >= 0.6 is 15.6 Å². The summed E-state index contributed by atoms with van der Waals surface area (Å²) in [7, 11) is -9.92. The minimum absolute atomic E-state index is 0.106. The molecular formula is C80H156O17P2. The largest absolute Gasteiger partial charge is 0.472 e. The second-order valence-corrected chi connectivity index (χ2v) is 32.9. The molecule has 0 saturated carbocycles. The number of esters is 4. The number of hydrogen-bond acceptors (Lipinski definition) is 15. The van der Waals surface area contributed by atoms with Gasteiger partial charge in [-0.3, -0.25) is 37.3 Å². The Labute approximate surface area is 607 Å². The lowest BCUT2D eigenvalue weighted by Gasteiger charge is -2.21. The summed E-state index contributed by atoms with van der Waals surface area (Å²) in [6.45, 7) is 14.3. The number of phosphoric acid groups is 2. The van der Waals surface area contributed by atoms with E-state index in [0.717, 1.165) is 120 Å². The fourth-order valence-electron chi connectivity index (χ4n) is 12.2. The third-order valence-electron chi connectivity index (χ3n) is 19.7. The number of hydrogen-bond donors (Lipinski definition) is 3. The number of ether oxygens (including phenoxy) is 4. The minimum atomic E-state index is -4.96. The molecular weight excluding hydrogens is 1290 g/mol. The molecule has 0 bridgehead atoms. The normalized spacial score (nSPS) is 14.9. The molecule has 17 nitrogen and oxygen atoms in total. The molecule has 0 aromatic rings. The Balaban J connectivity index is 5.23. The van der Waals surface area contributed by atoms with Crippen molar-refractivity contribution >= 4 is 39.5 Å². The number of aliphatic hydroxyl groups is 1. The Morgan fingerprint density at radius 3 is 0.717 bits per heavy atom. The minimum Gasteiger partial charge on any atom is -0.462 e. The Bertz CT molecular complexity index is 1940. The van der Waals surface area contributed by atoms with Gasteiger partial charge in [0.1, 0.15) is 19.3 Å². The van der Waals surface area contributed by atoms with E-state index in [9.17, 15) is 43.2 Å². The lowest BCUT2D eigenvalue weighted by atomic mass is 9.99. The Hall–Kier alpha value is -1.94. The van der Waals surface area contributed by atoms with Crippen molar-refractivity contribution in [2.75, 3.05) is 39.6 Å². The van der Waals surface area contributed by atoms with Crippen molar-refractivity contribution in [3.63, 3.8) is 0 Å². The summed E-state index contributed by atoms with van der Waals surface area (Å²) < 4.78 is 68.7. The van der Waals surface area contributed by atoms with Gasteiger partial charge in [-0.05, 0) is 49.4 Å². The van der Waals surface area contributed by atoms with Crippen molar-refractivity contribution < 1.29 is 80.2 Å². The van der Waals surface area contributed by atoms with Crippen molar-refractivity contribution in [1.82, 2.24) is 0 Å². The van der Waals surface area contributed by atoms with Crippen molar-refractivity contribution in [3.05, 3.63) is 0 Å². The van der Waals surface area contributed by atoms with Crippen LogP contribution in [0.3, 0.4) is 0 Å². The highest BCUT2D eigenvalue weighted by molar-refractivity contribution is 7.47. The average Bonchev–Trinajstić information content (AvgIpc) is 1.10. The van der Waals surface area contributed by atoms with E-state index in [1.165, 1.54) is 205 Å². The zero-order chi connectivity index (χ0) is 73.1. The fourth-order valence-corrected chi connectivity index (χ4v) is 13.7. The van der Waals surface area contributed by atoms with Crippen LogP contribution in [0.4, 0.5) is 0 Å². The first-order valence-electron chi connectivity index (χ1n) is 41.3. The number of rotatable bonds is 77. The van der Waals surface area contributed by atoms with Gasteiger partial charge >= 0.3 is 39.5 Å². The first-order valence-corrected chi connectivity index (χ1v) is 44.3. The maximum Gasteiger partial charge on any atom is 0.472 e. The molecule has 0 radical (unpaired) electrons. The van der Waals surface area contributed by atoms with Crippen LogP contribution in [0.15, 0.2) is 0 Å². The highest BCUT2D eigenvalue weighted by atomic mass is 31.2. The van der Waals surface area contributed by atoms with Gasteiger partial charge in [0.05, 0.1) is 26.4 Å². The monoisotopic (exact) mass is 1450 g/mol. The van der Waals surface area contributed by atoms with E-state index >= 15 is 0 Å². The first-order chi connectivity index (χ1) is 47.7. The molecule has 0 aliphatic carbocycles. The Kier molecular flexibility index (Phi) is 67.8. The van der Waals surface area contributed by atoms with E-state index in [4.69, 9.17) is 37.0 Å². The zero-order valence-corrected chi connectivity index (χ0v) is 66.9. The number of carbonyl (C=O) groups excluding carboxylic acids is 4. The van der Waals surface area contributed by atoms with Gasteiger partial charge in [0.15, 0.2) is 12.2 Å². The molecule has 3 N–H and O–H groups in total. The van der Waals surface area contributed by atoms with Gasteiger partial charge in [0, 0.05) is 25.7 Å². The summed E-state index contributed by atoms with van der Waals surface area (Å²) in [6.07, 6.45) is 55.4. The number of aliphatic hydroxyl groups excluding tert-OH is 1. The quantitative estimate of drug-likeness (QED) is 0.0222. The van der Waals surface area contributed by atoms with E-state index in [1.54, 1.807) is 0 Å². The molecule has 0 aromatic heterocycles. The van der Waals surface area contributed by atoms with Crippen LogP contribution in [0.1, 0.15) is 409 Å². The van der Waals surface area contributed by atoms with E-state index < -0.39 is 97.5 Å². The summed E-state index contributed by atoms with van der Waals surface area (Å²) in [6, 6.07) is 0. The third kappa shape index (κ3) is 70.2. The Morgan fingerprint density at radius 1 is 0.283 bits per heavy atom. The van der Waals surface area contributed by atoms with Gasteiger partial charge in [-0.2, -0.15) is 0 Å². The zero-order valence-electron chi connectivity index (χ0n) is 65.1. The van der Waals surface area contributed by atoms with Crippen LogP contribution in [0, 0.1) is 23.7 Å². The maximum atomic E-state index is 13.1. The number of carbonyl (C=O) groups is 4. The SMILES string of the molecule is CCC(C)CCCCCCCCCCCCCCCCC(=O)O[C@H](COC(=O)CCCCCCCCC(C)CC)COP(=O)(O)OC[C@H](O)COP(=O)(O)OC[C@@H](COC(=O)CCCCCCCCCCC(C)CC)OC(=O)CCCCCCCCCCCCCCCCCCC(C)C. The second kappa shape index (κ2) is 69.1. The molecule has 0 rings (SSSR count). The van der Waals surface area contributed by atoms with Crippen LogP contribution in [0.2, 0.25) is 0 Å². The highest BCUT2D eigenvalue weighted by Crippen LogP contribution is 2.45. The predicted octanol–water partition coefficient (Wildman–Crippen LogP) is 23.6. The van der Waals surface area contributed by atoms with Crippen molar-refractivity contribution in [2.45, 2.75) is 427 Å². The smallest absolute Gasteiger partial charge is 0.462 e. The van der Waals surface area contributed by atoms with E-state index in [-0.39, 0.29) is 25.7 Å². The van der Waals surface area contributed by atoms with E-state index in [1.807, 2.05) is 0 Å². The number of unbranched alkanes of at least 4 members (excludes halogenated alkanes) is 40. The number of phosphoric ester groups is 2. The standard InChI is InChI=1S/C80H156O17P2/c1-9-71(6)57-49-41-33-27-23-19-16-17-21-25-29-37-47-55-63-80(85)97-76(67-91-78(83)61-53-45-39-38-43-51-59-73(8)11-3)69-95-99(88,89)93-65-74(81)64-92-98(86,87)94-68-75(66-90-77(82)60-52-44-35-31-30-34-42-50-58-72(7)10-2)96-79(84)62-54-46-36-28-24-20-15-13-12-14-18-22-26-32-40-48-56-70(4)5/h70-76,81H,9-69H2,1-8H3,(H,86,87)(H,88,89)/t71?,72?,73?,74-,75-,76-/m1/s1.